The Morgan fingerprint density at radius 1 is 0.966 bits per heavy atom. The molecule has 0 radical (unpaired) electrons. The minimum atomic E-state index is -0.913. The number of benzene rings is 2. The third-order valence-corrected chi connectivity index (χ3v) is 4.59. The van der Waals surface area contributed by atoms with Crippen LogP contribution in [0.4, 0.5) is 10.5 Å². The smallest absolute Gasteiger partial charge is 0.324 e. The number of likely N-dealkylation sites (N-methyl/N-ethyl adjacent to an activating group) is 1. The first-order chi connectivity index (χ1) is 13.9. The van der Waals surface area contributed by atoms with Gasteiger partial charge in [0.15, 0.2) is 0 Å². The minimum absolute atomic E-state index is 0.0114. The fraction of sp³-hybridized carbons (Fsp3) is 0.200. The number of carbonyl (C=O) groups excluding carboxylic acids is 4. The average molecular weight is 415 g/mol. The Balaban J connectivity index is 1.59. The average Bonchev–Trinajstić information content (AvgIpc) is 2.89. The summed E-state index contributed by atoms with van der Waals surface area (Å²) in [7, 11) is 1.57. The largest absolute Gasteiger partial charge is 0.335 e. The van der Waals surface area contributed by atoms with E-state index >= 15 is 0 Å². The fourth-order valence-electron chi connectivity index (χ4n) is 2.87. The molecule has 150 valence electrons. The van der Waals surface area contributed by atoms with Crippen LogP contribution < -0.4 is 5.32 Å². The summed E-state index contributed by atoms with van der Waals surface area (Å²) in [6.45, 7) is -0.281. The van der Waals surface area contributed by atoms with E-state index in [1.54, 1.807) is 55.6 Å². The van der Waals surface area contributed by atoms with E-state index in [2.05, 4.69) is 5.32 Å². The number of carbonyl (C=O) groups is 4. The van der Waals surface area contributed by atoms with Gasteiger partial charge in [0.25, 0.3) is 0 Å². The van der Waals surface area contributed by atoms with Gasteiger partial charge in [-0.25, -0.2) is 9.69 Å². The molecule has 0 saturated carbocycles. The van der Waals surface area contributed by atoms with Gasteiger partial charge in [-0.3, -0.25) is 24.2 Å². The fourth-order valence-corrected chi connectivity index (χ4v) is 3.05. The highest BCUT2D eigenvalue weighted by molar-refractivity contribution is 6.44. The molecule has 8 nitrogen and oxygen atoms in total. The second-order valence-corrected chi connectivity index (χ2v) is 6.98. The minimum Gasteiger partial charge on any atom is -0.324 e. The predicted molar refractivity (Wildman–Crippen MR) is 107 cm³/mol. The van der Waals surface area contributed by atoms with Crippen LogP contribution in [0.2, 0.25) is 5.02 Å². The second kappa shape index (κ2) is 8.85. The van der Waals surface area contributed by atoms with Crippen molar-refractivity contribution in [3.8, 4) is 0 Å². The molecule has 1 saturated heterocycles. The summed E-state index contributed by atoms with van der Waals surface area (Å²) in [6.07, 6.45) is 0. The van der Waals surface area contributed by atoms with Crippen LogP contribution in [-0.4, -0.2) is 58.7 Å². The van der Waals surface area contributed by atoms with Crippen LogP contribution in [0.1, 0.15) is 5.56 Å². The Bertz CT molecular complexity index is 951. The lowest BCUT2D eigenvalue weighted by Gasteiger charge is -2.22. The molecule has 1 aliphatic rings. The molecule has 1 aliphatic heterocycles. The summed E-state index contributed by atoms with van der Waals surface area (Å²) >= 11 is 6.01. The molecule has 2 aromatic carbocycles. The Labute approximate surface area is 172 Å². The van der Waals surface area contributed by atoms with Crippen LogP contribution in [0.5, 0.6) is 0 Å². The molecular formula is C20H19ClN4O4. The van der Waals surface area contributed by atoms with Gasteiger partial charge in [-0.05, 0) is 24.7 Å². The maximum Gasteiger partial charge on any atom is 0.335 e. The summed E-state index contributed by atoms with van der Waals surface area (Å²) in [5.41, 5.74) is 1.20. The van der Waals surface area contributed by atoms with Crippen LogP contribution in [0.15, 0.2) is 54.6 Å². The lowest BCUT2D eigenvalue weighted by molar-refractivity contribution is -0.144. The number of rotatable bonds is 7. The van der Waals surface area contributed by atoms with Gasteiger partial charge in [-0.2, -0.15) is 0 Å². The van der Waals surface area contributed by atoms with Gasteiger partial charge in [-0.1, -0.05) is 54.1 Å². The summed E-state index contributed by atoms with van der Waals surface area (Å²) in [5.74, 6) is -2.16. The molecule has 2 aromatic rings. The molecule has 0 atom stereocenters. The molecule has 0 unspecified atom stereocenters. The molecule has 1 fully saturated rings. The number of hydrogen-bond acceptors (Lipinski definition) is 5. The summed E-state index contributed by atoms with van der Waals surface area (Å²) in [6, 6.07) is 15.0. The summed E-state index contributed by atoms with van der Waals surface area (Å²) < 4.78 is 0. The van der Waals surface area contributed by atoms with E-state index in [4.69, 9.17) is 11.6 Å². The quantitative estimate of drug-likeness (QED) is 0.554. The Morgan fingerprint density at radius 3 is 2.28 bits per heavy atom. The van der Waals surface area contributed by atoms with Crippen LogP contribution >= 0.6 is 11.6 Å². The number of imide groups is 2. The number of anilines is 1. The monoisotopic (exact) mass is 414 g/mol. The van der Waals surface area contributed by atoms with Crippen molar-refractivity contribution in [3.63, 3.8) is 0 Å². The number of halogens is 1. The van der Waals surface area contributed by atoms with E-state index in [9.17, 15) is 19.2 Å². The number of para-hydroxylation sites is 1. The highest BCUT2D eigenvalue weighted by Crippen LogP contribution is 2.20. The van der Waals surface area contributed by atoms with Crippen molar-refractivity contribution in [1.82, 2.24) is 14.7 Å². The molecule has 29 heavy (non-hydrogen) atoms. The first-order valence-corrected chi connectivity index (χ1v) is 9.19. The van der Waals surface area contributed by atoms with Crippen molar-refractivity contribution in [2.75, 3.05) is 25.6 Å². The summed E-state index contributed by atoms with van der Waals surface area (Å²) in [4.78, 5) is 52.4. The molecular weight excluding hydrogens is 396 g/mol. The molecule has 1 heterocycles. The van der Waals surface area contributed by atoms with Crippen LogP contribution in [0.25, 0.3) is 0 Å². The predicted octanol–water partition coefficient (Wildman–Crippen LogP) is 2.16. The first-order valence-electron chi connectivity index (χ1n) is 8.81. The Morgan fingerprint density at radius 2 is 1.59 bits per heavy atom. The van der Waals surface area contributed by atoms with Gasteiger partial charge in [0, 0.05) is 0 Å². The van der Waals surface area contributed by atoms with E-state index in [1.807, 2.05) is 6.07 Å². The third-order valence-electron chi connectivity index (χ3n) is 4.26. The van der Waals surface area contributed by atoms with Gasteiger partial charge >= 0.3 is 17.8 Å². The molecule has 1 N–H and O–H groups in total. The van der Waals surface area contributed by atoms with E-state index in [1.165, 1.54) is 4.90 Å². The zero-order chi connectivity index (χ0) is 21.0. The molecule has 5 amide bonds. The van der Waals surface area contributed by atoms with E-state index in [0.29, 0.717) is 10.7 Å². The molecule has 0 aliphatic carbocycles. The van der Waals surface area contributed by atoms with Gasteiger partial charge in [-0.15, -0.1) is 0 Å². The van der Waals surface area contributed by atoms with E-state index in [-0.39, 0.29) is 25.7 Å². The molecule has 0 spiro atoms. The van der Waals surface area contributed by atoms with Gasteiger partial charge in [0.1, 0.15) is 0 Å². The highest BCUT2D eigenvalue weighted by Gasteiger charge is 2.44. The van der Waals surface area contributed by atoms with Gasteiger partial charge in [0.05, 0.1) is 30.5 Å². The Hall–Kier alpha value is -3.23. The zero-order valence-electron chi connectivity index (χ0n) is 15.7. The number of nitrogens with one attached hydrogen (secondary N) is 1. The second-order valence-electron chi connectivity index (χ2n) is 6.58. The lowest BCUT2D eigenvalue weighted by atomic mass is 10.2. The van der Waals surface area contributed by atoms with Crippen LogP contribution in [-0.2, 0) is 20.9 Å². The van der Waals surface area contributed by atoms with Crippen LogP contribution in [0, 0.1) is 0 Å². The summed E-state index contributed by atoms with van der Waals surface area (Å²) in [5, 5.41) is 3.06. The molecule has 0 aromatic heterocycles. The maximum absolute atomic E-state index is 12.6. The van der Waals surface area contributed by atoms with Gasteiger partial charge < -0.3 is 5.32 Å². The molecule has 9 heteroatoms. The van der Waals surface area contributed by atoms with Crippen molar-refractivity contribution in [3.05, 3.63) is 65.2 Å². The van der Waals surface area contributed by atoms with E-state index < -0.39 is 17.8 Å². The topological polar surface area (TPSA) is 90.0 Å². The standard InChI is InChI=1S/C20H19ClN4O4/c1-23(12-17(26)22-16-10-6-5-9-15(16)21)13-25-19(28)18(27)24(20(25)29)11-14-7-3-2-4-8-14/h2-10H,11-13H2,1H3,(H,22,26). The van der Waals surface area contributed by atoms with Crippen molar-refractivity contribution in [1.29, 1.82) is 0 Å². The molecule has 0 bridgehead atoms. The normalized spacial score (nSPS) is 14.1. The highest BCUT2D eigenvalue weighted by atomic mass is 35.5. The SMILES string of the molecule is CN(CC(=O)Nc1ccccc1Cl)CN1C(=O)C(=O)N(Cc2ccccc2)C1=O. The number of hydrogen-bond donors (Lipinski definition) is 1. The van der Waals surface area contributed by atoms with Crippen molar-refractivity contribution in [2.24, 2.45) is 0 Å². The van der Waals surface area contributed by atoms with Crippen molar-refractivity contribution >= 4 is 41.0 Å². The number of amides is 5. The van der Waals surface area contributed by atoms with Crippen molar-refractivity contribution in [2.45, 2.75) is 6.54 Å². The number of urea groups is 1. The lowest BCUT2D eigenvalue weighted by Crippen LogP contribution is -2.43. The number of nitrogens with zero attached hydrogens (tertiary/aromatic N) is 3. The maximum atomic E-state index is 12.6. The first kappa shape index (κ1) is 20.5. The van der Waals surface area contributed by atoms with Crippen LogP contribution in [0.3, 0.4) is 0 Å². The van der Waals surface area contributed by atoms with Gasteiger partial charge in [0.2, 0.25) is 5.91 Å². The third kappa shape index (κ3) is 4.79. The Kier molecular flexibility index (Phi) is 6.26. The zero-order valence-corrected chi connectivity index (χ0v) is 16.4. The van der Waals surface area contributed by atoms with Crippen molar-refractivity contribution < 1.29 is 19.2 Å². The molecule has 3 rings (SSSR count). The van der Waals surface area contributed by atoms with E-state index in [0.717, 1.165) is 15.4 Å².